The lowest BCUT2D eigenvalue weighted by Crippen LogP contribution is -2.54. The standard InChI is InChI=1S/C23H15Cl2N5O6/c24-16-7-6-15(18(25)11-16)10-19-23(32)27(13-31)28(22(26-19)14-4-2-1-3-5-14)20-9-8-17(29(33)34)12-21(20)30(35)36/h1-12,31H,13H2/b19-10-. The third-order valence-electron chi connectivity index (χ3n) is 5.14. The second-order valence-corrected chi connectivity index (χ2v) is 8.19. The Bertz CT molecular complexity index is 1440. The highest BCUT2D eigenvalue weighted by atomic mass is 35.5. The third-order valence-corrected chi connectivity index (χ3v) is 5.70. The van der Waals surface area contributed by atoms with Crippen molar-refractivity contribution >= 4 is 58.1 Å². The van der Waals surface area contributed by atoms with Crippen LogP contribution in [0.25, 0.3) is 6.08 Å². The monoisotopic (exact) mass is 527 g/mol. The summed E-state index contributed by atoms with van der Waals surface area (Å²) < 4.78 is 0. The van der Waals surface area contributed by atoms with Crippen molar-refractivity contribution in [3.63, 3.8) is 0 Å². The minimum atomic E-state index is -0.884. The van der Waals surface area contributed by atoms with E-state index in [0.29, 0.717) is 16.1 Å². The van der Waals surface area contributed by atoms with Gasteiger partial charge >= 0.3 is 5.69 Å². The van der Waals surface area contributed by atoms with Gasteiger partial charge in [-0.1, -0.05) is 59.6 Å². The smallest absolute Gasteiger partial charge is 0.301 e. The molecule has 36 heavy (non-hydrogen) atoms. The lowest BCUT2D eigenvalue weighted by atomic mass is 10.1. The molecule has 0 radical (unpaired) electrons. The topological polar surface area (TPSA) is 142 Å². The van der Waals surface area contributed by atoms with Crippen LogP contribution < -0.4 is 5.01 Å². The summed E-state index contributed by atoms with van der Waals surface area (Å²) in [5, 5.41) is 35.7. The lowest BCUT2D eigenvalue weighted by molar-refractivity contribution is -0.393. The van der Waals surface area contributed by atoms with Crippen LogP contribution >= 0.6 is 23.2 Å². The summed E-state index contributed by atoms with van der Waals surface area (Å²) in [4.78, 5) is 39.3. The van der Waals surface area contributed by atoms with Crippen LogP contribution in [0, 0.1) is 20.2 Å². The quantitative estimate of drug-likeness (QED) is 0.275. The first-order chi connectivity index (χ1) is 17.2. The molecule has 0 aliphatic carbocycles. The predicted octanol–water partition coefficient (Wildman–Crippen LogP) is 4.81. The molecule has 1 aliphatic heterocycles. The number of amides is 1. The third kappa shape index (κ3) is 4.75. The normalized spacial score (nSPS) is 14.7. The van der Waals surface area contributed by atoms with Crippen LogP contribution in [-0.2, 0) is 4.79 Å². The number of nitro groups is 2. The summed E-state index contributed by atoms with van der Waals surface area (Å²) in [6, 6.07) is 16.0. The fourth-order valence-electron chi connectivity index (χ4n) is 3.50. The summed E-state index contributed by atoms with van der Waals surface area (Å²) in [6.45, 7) is -0.884. The van der Waals surface area contributed by atoms with Crippen LogP contribution in [-0.4, -0.2) is 38.4 Å². The molecule has 11 nitrogen and oxygen atoms in total. The van der Waals surface area contributed by atoms with E-state index >= 15 is 0 Å². The first-order valence-electron chi connectivity index (χ1n) is 10.2. The van der Waals surface area contributed by atoms with E-state index in [0.717, 1.165) is 28.2 Å². The highest BCUT2D eigenvalue weighted by Crippen LogP contribution is 2.36. The molecule has 0 saturated carbocycles. The maximum Gasteiger partial charge on any atom is 0.301 e. The van der Waals surface area contributed by atoms with Crippen molar-refractivity contribution < 1.29 is 19.7 Å². The second kappa shape index (κ2) is 10.1. The number of non-ortho nitro benzene ring substituents is 1. The van der Waals surface area contributed by atoms with Crippen molar-refractivity contribution in [2.75, 3.05) is 11.7 Å². The van der Waals surface area contributed by atoms with Gasteiger partial charge < -0.3 is 5.11 Å². The van der Waals surface area contributed by atoms with Gasteiger partial charge in [0.2, 0.25) is 0 Å². The minimum absolute atomic E-state index is 0.0533. The zero-order chi connectivity index (χ0) is 26.0. The molecule has 0 aromatic heterocycles. The summed E-state index contributed by atoms with van der Waals surface area (Å²) in [5.41, 5.74) is -0.627. The molecule has 0 bridgehead atoms. The fourth-order valence-corrected chi connectivity index (χ4v) is 3.97. The highest BCUT2D eigenvalue weighted by Gasteiger charge is 2.38. The molecule has 1 heterocycles. The van der Waals surface area contributed by atoms with E-state index in [-0.39, 0.29) is 22.2 Å². The van der Waals surface area contributed by atoms with Crippen molar-refractivity contribution in [3.8, 4) is 0 Å². The van der Waals surface area contributed by atoms with Crippen molar-refractivity contribution in [1.29, 1.82) is 0 Å². The van der Waals surface area contributed by atoms with Gasteiger partial charge in [0.1, 0.15) is 18.1 Å². The number of nitro benzene ring substituents is 2. The van der Waals surface area contributed by atoms with Crippen LogP contribution in [0.2, 0.25) is 10.0 Å². The number of rotatable bonds is 6. The maximum absolute atomic E-state index is 13.4. The number of nitrogens with zero attached hydrogens (tertiary/aromatic N) is 5. The Hall–Kier alpha value is -4.32. The van der Waals surface area contributed by atoms with Crippen molar-refractivity contribution in [2.45, 2.75) is 0 Å². The molecule has 1 aliphatic rings. The maximum atomic E-state index is 13.4. The Balaban J connectivity index is 1.97. The number of hydrazine groups is 1. The summed E-state index contributed by atoms with van der Waals surface area (Å²) in [7, 11) is 0. The Morgan fingerprint density at radius 2 is 1.69 bits per heavy atom. The Kier molecular flexibility index (Phi) is 6.97. The van der Waals surface area contributed by atoms with Crippen LogP contribution in [0.15, 0.2) is 77.4 Å². The average Bonchev–Trinajstić information content (AvgIpc) is 2.86. The molecule has 0 spiro atoms. The number of aliphatic hydroxyl groups excluding tert-OH is 1. The number of amidine groups is 1. The molecule has 0 saturated heterocycles. The number of carbonyl (C=O) groups excluding carboxylic acids is 1. The van der Waals surface area contributed by atoms with Crippen molar-refractivity contribution in [2.24, 2.45) is 4.99 Å². The van der Waals surface area contributed by atoms with E-state index < -0.39 is 33.9 Å². The second-order valence-electron chi connectivity index (χ2n) is 7.34. The molecule has 1 N–H and O–H groups in total. The van der Waals surface area contributed by atoms with Gasteiger partial charge in [-0.05, 0) is 29.8 Å². The first-order valence-corrected chi connectivity index (χ1v) is 10.9. The summed E-state index contributed by atoms with van der Waals surface area (Å²) in [5.74, 6) is -0.742. The van der Waals surface area contributed by atoms with Gasteiger partial charge in [-0.25, -0.2) is 15.0 Å². The number of hydrogen-bond acceptors (Lipinski definition) is 8. The van der Waals surface area contributed by atoms with Gasteiger partial charge in [0.05, 0.1) is 15.9 Å². The minimum Gasteiger partial charge on any atom is -0.374 e. The van der Waals surface area contributed by atoms with E-state index in [1.165, 1.54) is 12.1 Å². The molecule has 3 aromatic rings. The van der Waals surface area contributed by atoms with Gasteiger partial charge in [-0.15, -0.1) is 0 Å². The number of carbonyl (C=O) groups is 1. The van der Waals surface area contributed by atoms with Gasteiger partial charge in [0, 0.05) is 21.7 Å². The summed E-state index contributed by atoms with van der Waals surface area (Å²) in [6.07, 6.45) is 1.40. The molecule has 3 aromatic carbocycles. The van der Waals surface area contributed by atoms with Crippen molar-refractivity contribution in [3.05, 3.63) is 114 Å². The number of anilines is 1. The Morgan fingerprint density at radius 3 is 2.31 bits per heavy atom. The highest BCUT2D eigenvalue weighted by molar-refractivity contribution is 6.35. The van der Waals surface area contributed by atoms with Gasteiger partial charge in [0.25, 0.3) is 11.6 Å². The van der Waals surface area contributed by atoms with Gasteiger partial charge in [0.15, 0.2) is 5.84 Å². The molecule has 13 heteroatoms. The average molecular weight is 528 g/mol. The molecule has 182 valence electrons. The van der Waals surface area contributed by atoms with Crippen LogP contribution in [0.3, 0.4) is 0 Å². The molecule has 1 amide bonds. The Morgan fingerprint density at radius 1 is 0.972 bits per heavy atom. The van der Waals surface area contributed by atoms with E-state index in [4.69, 9.17) is 23.2 Å². The molecule has 0 fully saturated rings. The fraction of sp³-hybridized carbons (Fsp3) is 0.0435. The molecule has 0 atom stereocenters. The number of hydrogen-bond donors (Lipinski definition) is 1. The van der Waals surface area contributed by atoms with Gasteiger partial charge in [-0.3, -0.25) is 25.0 Å². The molecular weight excluding hydrogens is 513 g/mol. The molecular formula is C23H15Cl2N5O6. The predicted molar refractivity (Wildman–Crippen MR) is 134 cm³/mol. The lowest BCUT2D eigenvalue weighted by Gasteiger charge is -2.38. The number of halogens is 2. The van der Waals surface area contributed by atoms with Crippen molar-refractivity contribution in [1.82, 2.24) is 5.01 Å². The Labute approximate surface area is 213 Å². The van der Waals surface area contributed by atoms with E-state index in [9.17, 15) is 30.1 Å². The van der Waals surface area contributed by atoms with E-state index in [1.54, 1.807) is 42.5 Å². The number of aliphatic imine (C=N–C) groups is 1. The van der Waals surface area contributed by atoms with E-state index in [1.807, 2.05) is 0 Å². The first kappa shape index (κ1) is 24.8. The van der Waals surface area contributed by atoms with Gasteiger partial charge in [-0.2, -0.15) is 0 Å². The SMILES string of the molecule is O=C1/C(=C/c2ccc(Cl)cc2Cl)N=C(c2ccccc2)N(c2ccc([N+](=O)[O-])cc2[N+](=O)[O-])N1CO. The zero-order valence-corrected chi connectivity index (χ0v) is 19.6. The molecule has 4 rings (SSSR count). The number of benzene rings is 3. The van der Waals surface area contributed by atoms with Crippen LogP contribution in [0.4, 0.5) is 17.1 Å². The van der Waals surface area contributed by atoms with E-state index in [2.05, 4.69) is 4.99 Å². The van der Waals surface area contributed by atoms with Crippen LogP contribution in [0.1, 0.15) is 11.1 Å². The molecule has 0 unspecified atom stereocenters. The number of aliphatic hydroxyl groups is 1. The summed E-state index contributed by atoms with van der Waals surface area (Å²) >= 11 is 12.2. The largest absolute Gasteiger partial charge is 0.374 e. The van der Waals surface area contributed by atoms with Crippen LogP contribution in [0.5, 0.6) is 0 Å². The zero-order valence-electron chi connectivity index (χ0n) is 18.1.